The summed E-state index contributed by atoms with van der Waals surface area (Å²) in [5.41, 5.74) is 3.00. The number of nitrogens with zero attached hydrogens (tertiary/aromatic N) is 3. The number of hydrogen-bond acceptors (Lipinski definition) is 3. The average Bonchev–Trinajstić information content (AvgIpc) is 2.89. The molecule has 0 saturated carbocycles. The van der Waals surface area contributed by atoms with Crippen molar-refractivity contribution in [1.29, 1.82) is 0 Å². The highest BCUT2D eigenvalue weighted by atomic mass is 19.1. The van der Waals surface area contributed by atoms with E-state index in [-0.39, 0.29) is 16.7 Å². The van der Waals surface area contributed by atoms with Crippen LogP contribution < -0.4 is 14.7 Å². The van der Waals surface area contributed by atoms with Gasteiger partial charge < -0.3 is 14.7 Å². The summed E-state index contributed by atoms with van der Waals surface area (Å²) in [5.74, 6) is -2.36. The average molecular weight is 512 g/mol. The minimum atomic E-state index is -0.928. The molecule has 37 heavy (non-hydrogen) atoms. The quantitative estimate of drug-likeness (QED) is 0.230. The summed E-state index contributed by atoms with van der Waals surface area (Å²) in [6.07, 6.45) is 0. The minimum Gasteiger partial charge on any atom is -0.372 e. The number of rotatable bonds is 12. The Kier molecular flexibility index (Phi) is 9.90. The fourth-order valence-electron chi connectivity index (χ4n) is 5.11. The Bertz CT molecular complexity index is 1020. The number of benzene rings is 3. The van der Waals surface area contributed by atoms with Gasteiger partial charge >= 0.3 is 0 Å². The Labute approximate surface area is 220 Å². The van der Waals surface area contributed by atoms with Gasteiger partial charge in [0, 0.05) is 78.9 Å². The Morgan fingerprint density at radius 3 is 0.892 bits per heavy atom. The van der Waals surface area contributed by atoms with Gasteiger partial charge in [-0.1, -0.05) is 18.2 Å². The molecule has 0 spiro atoms. The van der Waals surface area contributed by atoms with E-state index >= 15 is 13.2 Å². The van der Waals surface area contributed by atoms with Crippen molar-refractivity contribution >= 4 is 17.1 Å². The van der Waals surface area contributed by atoms with Crippen LogP contribution in [0.15, 0.2) is 54.6 Å². The molecule has 0 unspecified atom stereocenters. The molecule has 0 aromatic heterocycles. The molecule has 200 valence electrons. The zero-order valence-electron chi connectivity index (χ0n) is 23.0. The fourth-order valence-corrected chi connectivity index (χ4v) is 5.11. The second kappa shape index (κ2) is 12.9. The van der Waals surface area contributed by atoms with E-state index in [2.05, 4.69) is 0 Å². The Morgan fingerprint density at radius 1 is 0.459 bits per heavy atom. The maximum Gasteiger partial charge on any atom is 0.129 e. The van der Waals surface area contributed by atoms with E-state index in [9.17, 15) is 0 Å². The normalized spacial score (nSPS) is 11.2. The van der Waals surface area contributed by atoms with Gasteiger partial charge in [-0.2, -0.15) is 0 Å². The maximum absolute atomic E-state index is 15.7. The molecule has 6 heteroatoms. The lowest BCUT2D eigenvalue weighted by Gasteiger charge is -2.27. The van der Waals surface area contributed by atoms with Gasteiger partial charge in [0.15, 0.2) is 0 Å². The van der Waals surface area contributed by atoms with Crippen molar-refractivity contribution in [2.45, 2.75) is 47.5 Å². The second-order valence-corrected chi connectivity index (χ2v) is 9.07. The first-order valence-electron chi connectivity index (χ1n) is 13.5. The molecule has 0 aliphatic heterocycles. The van der Waals surface area contributed by atoms with E-state index in [1.54, 1.807) is 18.2 Å². The molecule has 3 aromatic rings. The van der Waals surface area contributed by atoms with Crippen LogP contribution in [0.5, 0.6) is 0 Å². The summed E-state index contributed by atoms with van der Waals surface area (Å²) in [7, 11) is 0. The zero-order chi connectivity index (χ0) is 27.1. The van der Waals surface area contributed by atoms with Crippen molar-refractivity contribution in [2.24, 2.45) is 0 Å². The third kappa shape index (κ3) is 6.06. The number of hydrogen-bond donors (Lipinski definition) is 0. The highest BCUT2D eigenvalue weighted by Crippen LogP contribution is 2.39. The van der Waals surface area contributed by atoms with Crippen LogP contribution in [0.2, 0.25) is 0 Å². The zero-order valence-corrected chi connectivity index (χ0v) is 23.0. The summed E-state index contributed by atoms with van der Waals surface area (Å²) in [5, 5.41) is 0. The lowest BCUT2D eigenvalue weighted by Crippen LogP contribution is -2.23. The van der Waals surface area contributed by atoms with Crippen molar-refractivity contribution in [1.82, 2.24) is 0 Å². The third-order valence-electron chi connectivity index (χ3n) is 7.27. The number of halogens is 3. The lowest BCUT2D eigenvalue weighted by molar-refractivity contribution is 0.568. The van der Waals surface area contributed by atoms with Gasteiger partial charge in [-0.15, -0.1) is 0 Å². The maximum atomic E-state index is 15.7. The molecule has 3 nitrogen and oxygen atoms in total. The summed E-state index contributed by atoms with van der Waals surface area (Å²) >= 11 is 0. The molecule has 0 aliphatic carbocycles. The number of anilines is 3. The topological polar surface area (TPSA) is 9.72 Å². The molecule has 0 amide bonds. The SMILES string of the molecule is CCN(CC)c1ccc(C(c2ccc(N(CC)CC)cc2F)c2ccc(N(CC)CC)cc2F)c(F)c1. The van der Waals surface area contributed by atoms with Gasteiger partial charge in [-0.3, -0.25) is 0 Å². The first kappa shape index (κ1) is 28.4. The minimum absolute atomic E-state index is 0.250. The van der Waals surface area contributed by atoms with E-state index < -0.39 is 23.4 Å². The van der Waals surface area contributed by atoms with Crippen molar-refractivity contribution in [3.8, 4) is 0 Å². The lowest BCUT2D eigenvalue weighted by atomic mass is 9.83. The predicted octanol–water partition coefficient (Wildman–Crippen LogP) is 7.82. The summed E-state index contributed by atoms with van der Waals surface area (Å²) < 4.78 is 47.1. The molecule has 0 heterocycles. The summed E-state index contributed by atoms with van der Waals surface area (Å²) in [4.78, 5) is 6.13. The Morgan fingerprint density at radius 2 is 0.703 bits per heavy atom. The van der Waals surface area contributed by atoms with E-state index in [4.69, 9.17) is 0 Å². The van der Waals surface area contributed by atoms with E-state index in [0.717, 1.165) is 56.3 Å². The molecule has 0 atom stereocenters. The van der Waals surface area contributed by atoms with Crippen LogP contribution in [0.1, 0.15) is 64.2 Å². The molecule has 0 saturated heterocycles. The smallest absolute Gasteiger partial charge is 0.129 e. The molecule has 0 bridgehead atoms. The molecule has 0 radical (unpaired) electrons. The largest absolute Gasteiger partial charge is 0.372 e. The van der Waals surface area contributed by atoms with Crippen LogP contribution in [0.3, 0.4) is 0 Å². The monoisotopic (exact) mass is 511 g/mol. The highest BCUT2D eigenvalue weighted by molar-refractivity contribution is 5.57. The van der Waals surface area contributed by atoms with Crippen molar-refractivity contribution in [3.63, 3.8) is 0 Å². The van der Waals surface area contributed by atoms with Crippen LogP contribution in [0.4, 0.5) is 30.2 Å². The van der Waals surface area contributed by atoms with Crippen LogP contribution >= 0.6 is 0 Å². The third-order valence-corrected chi connectivity index (χ3v) is 7.27. The van der Waals surface area contributed by atoms with Crippen molar-refractivity contribution in [2.75, 3.05) is 54.0 Å². The van der Waals surface area contributed by atoms with Gasteiger partial charge in [0.25, 0.3) is 0 Å². The Hall–Kier alpha value is -3.15. The van der Waals surface area contributed by atoms with Crippen LogP contribution in [0.25, 0.3) is 0 Å². The Balaban J connectivity index is 2.20. The van der Waals surface area contributed by atoms with Gasteiger partial charge in [0.05, 0.1) is 0 Å². The molecule has 3 aromatic carbocycles. The van der Waals surface area contributed by atoms with E-state index in [1.807, 2.05) is 74.4 Å². The molecule has 3 rings (SSSR count). The van der Waals surface area contributed by atoms with Gasteiger partial charge in [0.1, 0.15) is 17.5 Å². The molecule has 0 aliphatic rings. The first-order chi connectivity index (χ1) is 17.8. The van der Waals surface area contributed by atoms with Crippen molar-refractivity contribution in [3.05, 3.63) is 88.7 Å². The summed E-state index contributed by atoms with van der Waals surface area (Å²) in [6.45, 7) is 16.5. The highest BCUT2D eigenvalue weighted by Gasteiger charge is 2.27. The van der Waals surface area contributed by atoms with Crippen molar-refractivity contribution < 1.29 is 13.2 Å². The fraction of sp³-hybridized carbons (Fsp3) is 0.419. The first-order valence-corrected chi connectivity index (χ1v) is 13.5. The second-order valence-electron chi connectivity index (χ2n) is 9.07. The van der Waals surface area contributed by atoms with Gasteiger partial charge in [-0.05, 0) is 77.9 Å². The van der Waals surface area contributed by atoms with E-state index in [0.29, 0.717) is 0 Å². The van der Waals surface area contributed by atoms with Crippen LogP contribution in [0, 0.1) is 17.5 Å². The van der Waals surface area contributed by atoms with Crippen LogP contribution in [-0.2, 0) is 0 Å². The van der Waals surface area contributed by atoms with Crippen LogP contribution in [-0.4, -0.2) is 39.3 Å². The van der Waals surface area contributed by atoms with Gasteiger partial charge in [0.2, 0.25) is 0 Å². The summed E-state index contributed by atoms with van der Waals surface area (Å²) in [6, 6.07) is 14.9. The van der Waals surface area contributed by atoms with Gasteiger partial charge in [-0.25, -0.2) is 13.2 Å². The molecule has 0 fully saturated rings. The van der Waals surface area contributed by atoms with E-state index in [1.165, 1.54) is 18.2 Å². The predicted molar refractivity (Wildman–Crippen MR) is 151 cm³/mol. The molecule has 0 N–H and O–H groups in total. The molecular weight excluding hydrogens is 471 g/mol. The molecular formula is C31H40F3N3. The standard InChI is InChI=1S/C31H40F3N3/c1-7-35(8-2)22-13-16-25(28(32)19-22)31(26-17-14-23(20-29(26)33)36(9-3)10-4)27-18-15-24(21-30(27)34)37(11-5)12-6/h13-21,31H,7-12H2,1-6H3.